The van der Waals surface area contributed by atoms with Crippen molar-refractivity contribution in [2.45, 2.75) is 12.3 Å². The first-order valence-electron chi connectivity index (χ1n) is 9.97. The van der Waals surface area contributed by atoms with Gasteiger partial charge in [-0.3, -0.25) is 9.59 Å². The lowest BCUT2D eigenvalue weighted by atomic mass is 9.90. The molecule has 3 rings (SSSR count). The van der Waals surface area contributed by atoms with Crippen LogP contribution < -0.4 is 10.6 Å². The predicted molar refractivity (Wildman–Crippen MR) is 119 cm³/mol. The van der Waals surface area contributed by atoms with Crippen molar-refractivity contribution in [2.75, 3.05) is 25.6 Å². The van der Waals surface area contributed by atoms with E-state index in [-0.39, 0.29) is 11.8 Å². The summed E-state index contributed by atoms with van der Waals surface area (Å²) in [5.41, 5.74) is 2.91. The molecule has 0 unspecified atom stereocenters. The molecule has 0 aliphatic rings. The standard InChI is InChI=1S/C25H26N2O3/c1-30-17-9-16-26-24(28)21-14-8-15-22(18-21)27-25(29)23(19-10-4-2-5-11-19)20-12-6-3-7-13-20/h2-8,10-15,18,23H,9,16-17H2,1H3,(H,26,28)(H,27,29). The van der Waals surface area contributed by atoms with E-state index in [9.17, 15) is 9.59 Å². The SMILES string of the molecule is COCCCNC(=O)c1cccc(NC(=O)C(c2ccccc2)c2ccccc2)c1. The fraction of sp³-hybridized carbons (Fsp3) is 0.200. The van der Waals surface area contributed by atoms with Crippen molar-refractivity contribution in [2.24, 2.45) is 0 Å². The minimum atomic E-state index is -0.445. The van der Waals surface area contributed by atoms with Gasteiger partial charge in [0.2, 0.25) is 5.91 Å². The zero-order chi connectivity index (χ0) is 21.2. The van der Waals surface area contributed by atoms with Crippen LogP contribution in [0.15, 0.2) is 84.9 Å². The number of carbonyl (C=O) groups is 2. The van der Waals surface area contributed by atoms with Gasteiger partial charge in [0.15, 0.2) is 0 Å². The summed E-state index contributed by atoms with van der Waals surface area (Å²) in [4.78, 5) is 25.6. The molecule has 0 fully saturated rings. The Morgan fingerprint density at radius 1 is 0.867 bits per heavy atom. The maximum atomic E-state index is 13.2. The zero-order valence-corrected chi connectivity index (χ0v) is 17.0. The number of amides is 2. The van der Waals surface area contributed by atoms with Crippen LogP contribution in [0.3, 0.4) is 0 Å². The van der Waals surface area contributed by atoms with Crippen LogP contribution in [-0.2, 0) is 9.53 Å². The molecule has 5 nitrogen and oxygen atoms in total. The van der Waals surface area contributed by atoms with Gasteiger partial charge in [0.05, 0.1) is 5.92 Å². The summed E-state index contributed by atoms with van der Waals surface area (Å²) in [6.45, 7) is 1.13. The number of rotatable bonds is 9. The molecule has 3 aromatic carbocycles. The van der Waals surface area contributed by atoms with Gasteiger partial charge in [-0.1, -0.05) is 66.7 Å². The number of hydrogen-bond donors (Lipinski definition) is 2. The van der Waals surface area contributed by atoms with Gasteiger partial charge in [0, 0.05) is 31.5 Å². The van der Waals surface area contributed by atoms with Gasteiger partial charge in [-0.05, 0) is 35.7 Å². The van der Waals surface area contributed by atoms with E-state index >= 15 is 0 Å². The van der Waals surface area contributed by atoms with Gasteiger partial charge in [-0.25, -0.2) is 0 Å². The lowest BCUT2D eigenvalue weighted by Gasteiger charge is -2.18. The molecular formula is C25H26N2O3. The minimum absolute atomic E-state index is 0.148. The monoisotopic (exact) mass is 402 g/mol. The highest BCUT2D eigenvalue weighted by Crippen LogP contribution is 2.26. The number of nitrogens with one attached hydrogen (secondary N) is 2. The van der Waals surface area contributed by atoms with Crippen LogP contribution in [0.25, 0.3) is 0 Å². The van der Waals surface area contributed by atoms with Gasteiger partial charge in [0.1, 0.15) is 0 Å². The summed E-state index contributed by atoms with van der Waals surface area (Å²) in [7, 11) is 1.63. The Labute approximate surface area is 177 Å². The molecule has 0 bridgehead atoms. The van der Waals surface area contributed by atoms with E-state index in [1.54, 1.807) is 31.4 Å². The molecule has 154 valence electrons. The normalized spacial score (nSPS) is 10.6. The van der Waals surface area contributed by atoms with E-state index in [0.717, 1.165) is 17.5 Å². The third kappa shape index (κ3) is 5.78. The Hall–Kier alpha value is -3.44. The fourth-order valence-electron chi connectivity index (χ4n) is 3.26. The van der Waals surface area contributed by atoms with Crippen molar-refractivity contribution in [1.82, 2.24) is 5.32 Å². The molecule has 0 aliphatic heterocycles. The van der Waals surface area contributed by atoms with Crippen LogP contribution in [0, 0.1) is 0 Å². The average Bonchev–Trinajstić information content (AvgIpc) is 2.78. The topological polar surface area (TPSA) is 67.4 Å². The van der Waals surface area contributed by atoms with Crippen LogP contribution in [0.5, 0.6) is 0 Å². The molecule has 0 aliphatic carbocycles. The van der Waals surface area contributed by atoms with E-state index in [1.807, 2.05) is 60.7 Å². The van der Waals surface area contributed by atoms with Gasteiger partial charge in [0.25, 0.3) is 5.91 Å². The van der Waals surface area contributed by atoms with E-state index in [1.165, 1.54) is 0 Å². The fourth-order valence-corrected chi connectivity index (χ4v) is 3.26. The largest absolute Gasteiger partial charge is 0.385 e. The average molecular weight is 402 g/mol. The maximum absolute atomic E-state index is 13.2. The summed E-state index contributed by atoms with van der Waals surface area (Å²) < 4.78 is 4.99. The molecule has 0 radical (unpaired) electrons. The van der Waals surface area contributed by atoms with Gasteiger partial charge in [-0.15, -0.1) is 0 Å². The third-order valence-electron chi connectivity index (χ3n) is 4.73. The number of benzene rings is 3. The van der Waals surface area contributed by atoms with E-state index < -0.39 is 5.92 Å². The van der Waals surface area contributed by atoms with E-state index in [2.05, 4.69) is 10.6 Å². The van der Waals surface area contributed by atoms with Crippen molar-refractivity contribution in [3.8, 4) is 0 Å². The summed E-state index contributed by atoms with van der Waals surface area (Å²) in [5, 5.41) is 5.83. The Morgan fingerprint density at radius 3 is 2.10 bits per heavy atom. The summed E-state index contributed by atoms with van der Waals surface area (Å²) in [6, 6.07) is 26.3. The smallest absolute Gasteiger partial charge is 0.251 e. The van der Waals surface area contributed by atoms with Crippen LogP contribution in [0.4, 0.5) is 5.69 Å². The second-order valence-electron chi connectivity index (χ2n) is 6.93. The molecule has 0 saturated heterocycles. The minimum Gasteiger partial charge on any atom is -0.385 e. The molecule has 5 heteroatoms. The van der Waals surface area contributed by atoms with Crippen LogP contribution >= 0.6 is 0 Å². The summed E-state index contributed by atoms with van der Waals surface area (Å²) >= 11 is 0. The quantitative estimate of drug-likeness (QED) is 0.527. The Kier molecular flexibility index (Phi) is 7.75. The van der Waals surface area contributed by atoms with Crippen LogP contribution in [0.2, 0.25) is 0 Å². The number of anilines is 1. The molecule has 0 atom stereocenters. The number of hydrogen-bond acceptors (Lipinski definition) is 3. The Morgan fingerprint density at radius 2 is 1.50 bits per heavy atom. The van der Waals surface area contributed by atoms with Crippen molar-refractivity contribution in [3.05, 3.63) is 102 Å². The van der Waals surface area contributed by atoms with Crippen LogP contribution in [-0.4, -0.2) is 32.1 Å². The number of ether oxygens (including phenoxy) is 1. The first kappa shape index (κ1) is 21.3. The molecule has 3 aromatic rings. The summed E-state index contributed by atoms with van der Waals surface area (Å²) in [6.07, 6.45) is 0.745. The highest BCUT2D eigenvalue weighted by molar-refractivity contribution is 6.00. The van der Waals surface area contributed by atoms with Gasteiger partial charge in [-0.2, -0.15) is 0 Å². The van der Waals surface area contributed by atoms with Gasteiger partial charge < -0.3 is 15.4 Å². The highest BCUT2D eigenvalue weighted by Gasteiger charge is 2.22. The van der Waals surface area contributed by atoms with Gasteiger partial charge >= 0.3 is 0 Å². The first-order chi connectivity index (χ1) is 14.7. The summed E-state index contributed by atoms with van der Waals surface area (Å²) in [5.74, 6) is -0.770. The lowest BCUT2D eigenvalue weighted by molar-refractivity contribution is -0.116. The number of carbonyl (C=O) groups excluding carboxylic acids is 2. The van der Waals surface area contributed by atoms with Crippen molar-refractivity contribution < 1.29 is 14.3 Å². The Bertz CT molecular complexity index is 919. The third-order valence-corrected chi connectivity index (χ3v) is 4.73. The molecule has 0 aromatic heterocycles. The maximum Gasteiger partial charge on any atom is 0.251 e. The lowest BCUT2D eigenvalue weighted by Crippen LogP contribution is -2.26. The molecule has 0 spiro atoms. The molecule has 30 heavy (non-hydrogen) atoms. The molecular weight excluding hydrogens is 376 g/mol. The van der Waals surface area contributed by atoms with Crippen LogP contribution in [0.1, 0.15) is 33.8 Å². The van der Waals surface area contributed by atoms with Crippen molar-refractivity contribution in [3.63, 3.8) is 0 Å². The second kappa shape index (κ2) is 10.9. The van der Waals surface area contributed by atoms with E-state index in [0.29, 0.717) is 24.4 Å². The molecule has 2 amide bonds. The second-order valence-corrected chi connectivity index (χ2v) is 6.93. The molecule has 0 heterocycles. The zero-order valence-electron chi connectivity index (χ0n) is 17.0. The highest BCUT2D eigenvalue weighted by atomic mass is 16.5. The molecule has 0 saturated carbocycles. The molecule has 2 N–H and O–H groups in total. The first-order valence-corrected chi connectivity index (χ1v) is 9.97. The van der Waals surface area contributed by atoms with Crippen molar-refractivity contribution >= 4 is 17.5 Å². The Balaban J connectivity index is 1.75. The predicted octanol–water partition coefficient (Wildman–Crippen LogP) is 4.22. The van der Waals surface area contributed by atoms with Crippen molar-refractivity contribution in [1.29, 1.82) is 0 Å². The van der Waals surface area contributed by atoms with E-state index in [4.69, 9.17) is 4.74 Å². The number of methoxy groups -OCH3 is 1.